The van der Waals surface area contributed by atoms with Crippen LogP contribution in [0.3, 0.4) is 0 Å². The zero-order valence-electron chi connectivity index (χ0n) is 35.6. The van der Waals surface area contributed by atoms with Gasteiger partial charge in [-0.15, -0.1) is 0 Å². The molecular formula is C44H79O13P. The Morgan fingerprint density at radius 3 is 1.50 bits per heavy atom. The summed E-state index contributed by atoms with van der Waals surface area (Å²) in [5.74, 6) is -1.14. The SMILES string of the molecule is CCCC/C=C/C/C=C/CCCCCCCC(=O)OC[C@H](COP(=O)(O)OC1C(O)C(O)C(O)[C@H](O)C1O)OC(=O)CCCC/C=C/CCCCCCCCCCC. The van der Waals surface area contributed by atoms with E-state index in [0.29, 0.717) is 12.8 Å². The van der Waals surface area contributed by atoms with E-state index in [1.165, 1.54) is 70.6 Å². The first kappa shape index (κ1) is 54.1. The Kier molecular flexibility index (Phi) is 32.4. The van der Waals surface area contributed by atoms with Crippen molar-refractivity contribution in [2.75, 3.05) is 13.2 Å². The van der Waals surface area contributed by atoms with Gasteiger partial charge in [0.25, 0.3) is 0 Å². The average Bonchev–Trinajstić information content (AvgIpc) is 3.20. The molecule has 1 aliphatic rings. The summed E-state index contributed by atoms with van der Waals surface area (Å²) in [6, 6.07) is 0. The minimum absolute atomic E-state index is 0.0638. The number of aliphatic hydroxyl groups is 5. The highest BCUT2D eigenvalue weighted by Gasteiger charge is 2.51. The van der Waals surface area contributed by atoms with Crippen LogP contribution in [-0.2, 0) is 32.7 Å². The molecule has 1 fully saturated rings. The number of phosphoric ester groups is 1. The normalized spacial score (nSPS) is 22.8. The second-order valence-corrected chi connectivity index (χ2v) is 16.9. The highest BCUT2D eigenvalue weighted by atomic mass is 31.2. The van der Waals surface area contributed by atoms with Crippen LogP contribution in [0.5, 0.6) is 0 Å². The monoisotopic (exact) mass is 847 g/mol. The van der Waals surface area contributed by atoms with Crippen molar-refractivity contribution in [3.05, 3.63) is 36.5 Å². The highest BCUT2D eigenvalue weighted by molar-refractivity contribution is 7.47. The molecule has 0 aromatic heterocycles. The molecule has 0 spiro atoms. The Labute approximate surface area is 348 Å². The summed E-state index contributed by atoms with van der Waals surface area (Å²) in [5, 5.41) is 50.1. The van der Waals surface area contributed by atoms with Crippen molar-refractivity contribution in [2.24, 2.45) is 0 Å². The largest absolute Gasteiger partial charge is 0.472 e. The standard InChI is InChI=1S/C44H79O13P/c1-3-5-7-9-11-13-15-17-19-21-23-25-27-29-31-33-38(46)56-36(35-55-58(52,53)57-44-42(50)40(48)39(47)41(49)43(44)51)34-54-37(45)32-30-28-26-24-22-20-18-16-14-12-10-8-6-4-2/h10,12,16,18,23,25,36,39-44,47-51H,3-9,11,13-15,17,19-22,24,26-35H2,1-2H3,(H,52,53)/b12-10+,18-16+,25-23+/t36-,39?,40+,41?,42?,43?,44?/m1/s1. The van der Waals surface area contributed by atoms with E-state index < -0.39 is 75.7 Å². The van der Waals surface area contributed by atoms with Gasteiger partial charge in [-0.1, -0.05) is 134 Å². The van der Waals surface area contributed by atoms with Gasteiger partial charge in [-0.2, -0.15) is 0 Å². The fraction of sp³-hybridized carbons (Fsp3) is 0.818. The van der Waals surface area contributed by atoms with Crippen molar-refractivity contribution in [3.8, 4) is 0 Å². The molecule has 1 aliphatic carbocycles. The summed E-state index contributed by atoms with van der Waals surface area (Å²) in [4.78, 5) is 35.6. The number of carbonyl (C=O) groups is 2. The Morgan fingerprint density at radius 2 is 0.948 bits per heavy atom. The maximum atomic E-state index is 12.8. The van der Waals surface area contributed by atoms with E-state index in [1.54, 1.807) is 0 Å². The van der Waals surface area contributed by atoms with Gasteiger partial charge >= 0.3 is 19.8 Å². The molecule has 338 valence electrons. The zero-order valence-corrected chi connectivity index (χ0v) is 36.5. The molecule has 0 saturated heterocycles. The number of esters is 2. The number of ether oxygens (including phenoxy) is 2. The predicted octanol–water partition coefficient (Wildman–Crippen LogP) is 8.22. The van der Waals surface area contributed by atoms with E-state index in [4.69, 9.17) is 18.5 Å². The van der Waals surface area contributed by atoms with Crippen LogP contribution >= 0.6 is 7.82 Å². The van der Waals surface area contributed by atoms with E-state index in [2.05, 4.69) is 50.3 Å². The maximum absolute atomic E-state index is 12.8. The van der Waals surface area contributed by atoms with Crippen LogP contribution in [0.15, 0.2) is 36.5 Å². The van der Waals surface area contributed by atoms with Gasteiger partial charge in [0, 0.05) is 12.8 Å². The third-order valence-corrected chi connectivity index (χ3v) is 11.2. The molecule has 14 heteroatoms. The van der Waals surface area contributed by atoms with Crippen LogP contribution in [-0.4, -0.2) is 98.3 Å². The maximum Gasteiger partial charge on any atom is 0.472 e. The number of hydrogen-bond donors (Lipinski definition) is 6. The van der Waals surface area contributed by atoms with Crippen LogP contribution < -0.4 is 0 Å². The Bertz CT molecular complexity index is 1160. The van der Waals surface area contributed by atoms with Crippen molar-refractivity contribution in [3.63, 3.8) is 0 Å². The molecular weight excluding hydrogens is 767 g/mol. The van der Waals surface area contributed by atoms with Crippen LogP contribution in [0, 0.1) is 0 Å². The molecule has 0 bridgehead atoms. The highest BCUT2D eigenvalue weighted by Crippen LogP contribution is 2.47. The van der Waals surface area contributed by atoms with Crippen molar-refractivity contribution >= 4 is 19.8 Å². The number of rotatable bonds is 36. The number of phosphoric acid groups is 1. The van der Waals surface area contributed by atoms with E-state index in [-0.39, 0.29) is 12.8 Å². The molecule has 1 saturated carbocycles. The first-order valence-electron chi connectivity index (χ1n) is 22.3. The minimum atomic E-state index is -5.12. The lowest BCUT2D eigenvalue weighted by Gasteiger charge is -2.41. The van der Waals surface area contributed by atoms with E-state index >= 15 is 0 Å². The number of unbranched alkanes of at least 4 members (excludes halogenated alkanes) is 18. The zero-order chi connectivity index (χ0) is 42.9. The molecule has 6 N–H and O–H groups in total. The van der Waals surface area contributed by atoms with Crippen molar-refractivity contribution in [1.29, 1.82) is 0 Å². The van der Waals surface area contributed by atoms with Gasteiger partial charge in [0.1, 0.15) is 43.2 Å². The van der Waals surface area contributed by atoms with Crippen molar-refractivity contribution in [1.82, 2.24) is 0 Å². The number of hydrogen-bond acceptors (Lipinski definition) is 12. The van der Waals surface area contributed by atoms with Gasteiger partial charge in [0.05, 0.1) is 6.61 Å². The lowest BCUT2D eigenvalue weighted by atomic mass is 9.85. The molecule has 0 aromatic rings. The van der Waals surface area contributed by atoms with Crippen molar-refractivity contribution < 1.29 is 63.1 Å². The quantitative estimate of drug-likeness (QED) is 0.0152. The second kappa shape index (κ2) is 34.7. The van der Waals surface area contributed by atoms with E-state index in [9.17, 15) is 44.6 Å². The molecule has 0 amide bonds. The first-order chi connectivity index (χ1) is 27.9. The fourth-order valence-electron chi connectivity index (χ4n) is 6.53. The summed E-state index contributed by atoms with van der Waals surface area (Å²) in [6.07, 6.45) is 24.9. The summed E-state index contributed by atoms with van der Waals surface area (Å²) in [6.45, 7) is 3.22. The van der Waals surface area contributed by atoms with Crippen molar-refractivity contribution in [2.45, 2.75) is 217 Å². The minimum Gasteiger partial charge on any atom is -0.462 e. The molecule has 58 heavy (non-hydrogen) atoms. The van der Waals surface area contributed by atoms with Gasteiger partial charge in [0.2, 0.25) is 0 Å². The smallest absolute Gasteiger partial charge is 0.462 e. The molecule has 0 aromatic carbocycles. The summed E-state index contributed by atoms with van der Waals surface area (Å²) < 4.78 is 33.4. The average molecular weight is 847 g/mol. The lowest BCUT2D eigenvalue weighted by molar-refractivity contribution is -0.220. The van der Waals surface area contributed by atoms with Gasteiger partial charge < -0.3 is 39.9 Å². The van der Waals surface area contributed by atoms with Gasteiger partial charge in [0.15, 0.2) is 6.10 Å². The molecule has 13 nitrogen and oxygen atoms in total. The Morgan fingerprint density at radius 1 is 0.534 bits per heavy atom. The third kappa shape index (κ3) is 27.0. The van der Waals surface area contributed by atoms with Crippen LogP contribution in [0.25, 0.3) is 0 Å². The Hall–Kier alpha value is -1.93. The van der Waals surface area contributed by atoms with Crippen LogP contribution in [0.2, 0.25) is 0 Å². The molecule has 0 aliphatic heterocycles. The van der Waals surface area contributed by atoms with Gasteiger partial charge in [-0.05, 0) is 64.2 Å². The fourth-order valence-corrected chi connectivity index (χ4v) is 7.51. The molecule has 0 radical (unpaired) electrons. The topological polar surface area (TPSA) is 210 Å². The summed E-state index contributed by atoms with van der Waals surface area (Å²) in [5.41, 5.74) is 0. The number of allylic oxidation sites excluding steroid dienone is 6. The van der Waals surface area contributed by atoms with Gasteiger partial charge in [-0.25, -0.2) is 4.57 Å². The lowest BCUT2D eigenvalue weighted by Crippen LogP contribution is -2.64. The summed E-state index contributed by atoms with van der Waals surface area (Å²) in [7, 11) is -5.12. The number of carbonyl (C=O) groups excluding carboxylic acids is 2. The molecule has 6 unspecified atom stereocenters. The third-order valence-electron chi connectivity index (χ3n) is 10.2. The second-order valence-electron chi connectivity index (χ2n) is 15.5. The van der Waals surface area contributed by atoms with Crippen LogP contribution in [0.4, 0.5) is 0 Å². The molecule has 8 atom stereocenters. The predicted molar refractivity (Wildman–Crippen MR) is 226 cm³/mol. The molecule has 0 heterocycles. The Balaban J connectivity index is 2.51. The molecule has 1 rings (SSSR count). The first-order valence-corrected chi connectivity index (χ1v) is 23.8. The summed E-state index contributed by atoms with van der Waals surface area (Å²) >= 11 is 0. The van der Waals surface area contributed by atoms with E-state index in [1.807, 2.05) is 0 Å². The van der Waals surface area contributed by atoms with Gasteiger partial charge in [-0.3, -0.25) is 18.6 Å². The van der Waals surface area contributed by atoms with E-state index in [0.717, 1.165) is 64.2 Å². The van der Waals surface area contributed by atoms with Crippen LogP contribution in [0.1, 0.15) is 174 Å². The number of aliphatic hydroxyl groups excluding tert-OH is 5.